The number of hydrogen-bond acceptors (Lipinski definition) is 5. The lowest BCUT2D eigenvalue weighted by atomic mass is 10.1. The van der Waals surface area contributed by atoms with Crippen molar-refractivity contribution in [3.05, 3.63) is 23.8 Å². The molecule has 6 nitrogen and oxygen atoms in total. The van der Waals surface area contributed by atoms with E-state index in [1.54, 1.807) is 4.90 Å². The molecule has 0 saturated carbocycles. The summed E-state index contributed by atoms with van der Waals surface area (Å²) in [6, 6.07) is 5.74. The molecule has 2 rings (SSSR count). The molecule has 0 bridgehead atoms. The van der Waals surface area contributed by atoms with Crippen molar-refractivity contribution in [1.29, 1.82) is 0 Å². The minimum absolute atomic E-state index is 0.217. The minimum atomic E-state index is -0.841. The third-order valence-corrected chi connectivity index (χ3v) is 3.35. The van der Waals surface area contributed by atoms with Gasteiger partial charge in [-0.1, -0.05) is 12.1 Å². The largest absolute Gasteiger partial charge is 0.443 e. The Morgan fingerprint density at radius 2 is 2.18 bits per heavy atom. The van der Waals surface area contributed by atoms with E-state index in [9.17, 15) is 9.90 Å². The quantitative estimate of drug-likeness (QED) is 0.789. The number of carbonyl (C=O) groups is 1. The van der Waals surface area contributed by atoms with E-state index in [-0.39, 0.29) is 19.2 Å². The third kappa shape index (κ3) is 3.90. The van der Waals surface area contributed by atoms with Crippen molar-refractivity contribution in [3.63, 3.8) is 0 Å². The van der Waals surface area contributed by atoms with Gasteiger partial charge in [0.2, 0.25) is 0 Å². The highest BCUT2D eigenvalue weighted by atomic mass is 16.6. The normalized spacial score (nSPS) is 15.4. The van der Waals surface area contributed by atoms with Crippen molar-refractivity contribution >= 4 is 17.5 Å². The number of amides is 1. The second-order valence-corrected chi connectivity index (χ2v) is 6.41. The number of fused-ring (bicyclic) bond motifs is 1. The zero-order valence-electron chi connectivity index (χ0n) is 13.3. The Balaban J connectivity index is 2.19. The predicted octanol–water partition coefficient (Wildman–Crippen LogP) is 1.75. The number of hydrogen-bond donors (Lipinski definition) is 3. The van der Waals surface area contributed by atoms with E-state index in [4.69, 9.17) is 9.84 Å². The lowest BCUT2D eigenvalue weighted by Gasteiger charge is -2.26. The molecule has 1 atom stereocenters. The van der Waals surface area contributed by atoms with Crippen LogP contribution < -0.4 is 10.2 Å². The van der Waals surface area contributed by atoms with Gasteiger partial charge in [-0.05, 0) is 38.8 Å². The van der Waals surface area contributed by atoms with E-state index in [1.807, 2.05) is 39.0 Å². The molecule has 6 heteroatoms. The molecule has 3 N–H and O–H groups in total. The van der Waals surface area contributed by atoms with Gasteiger partial charge in [-0.3, -0.25) is 4.90 Å². The predicted molar refractivity (Wildman–Crippen MR) is 85.3 cm³/mol. The maximum atomic E-state index is 12.4. The van der Waals surface area contributed by atoms with Gasteiger partial charge in [0.05, 0.1) is 24.1 Å². The van der Waals surface area contributed by atoms with Crippen molar-refractivity contribution in [1.82, 2.24) is 0 Å². The molecule has 122 valence electrons. The zero-order valence-corrected chi connectivity index (χ0v) is 13.3. The molecule has 22 heavy (non-hydrogen) atoms. The van der Waals surface area contributed by atoms with Crippen LogP contribution in [0.25, 0.3) is 0 Å². The summed E-state index contributed by atoms with van der Waals surface area (Å²) in [7, 11) is 0. The van der Waals surface area contributed by atoms with Crippen molar-refractivity contribution in [2.75, 3.05) is 29.9 Å². The fourth-order valence-corrected chi connectivity index (χ4v) is 2.39. The number of rotatable bonds is 4. The number of nitrogens with one attached hydrogen (secondary N) is 1. The van der Waals surface area contributed by atoms with Crippen LogP contribution in [-0.4, -0.2) is 47.7 Å². The van der Waals surface area contributed by atoms with Crippen LogP contribution in [0.5, 0.6) is 0 Å². The molecular weight excluding hydrogens is 284 g/mol. The molecule has 0 fully saturated rings. The number of carbonyl (C=O) groups excluding carboxylic acids is 1. The average Bonchev–Trinajstić information content (AvgIpc) is 2.87. The van der Waals surface area contributed by atoms with Gasteiger partial charge in [0.15, 0.2) is 0 Å². The van der Waals surface area contributed by atoms with Crippen molar-refractivity contribution < 1.29 is 19.7 Å². The van der Waals surface area contributed by atoms with Gasteiger partial charge >= 0.3 is 6.09 Å². The van der Waals surface area contributed by atoms with E-state index >= 15 is 0 Å². The Morgan fingerprint density at radius 3 is 2.82 bits per heavy atom. The van der Waals surface area contributed by atoms with Crippen molar-refractivity contribution in [2.24, 2.45) is 0 Å². The van der Waals surface area contributed by atoms with Crippen LogP contribution in [0.2, 0.25) is 0 Å². The van der Waals surface area contributed by atoms with Crippen molar-refractivity contribution in [3.8, 4) is 0 Å². The fourth-order valence-electron chi connectivity index (χ4n) is 2.39. The molecule has 1 amide bonds. The first kappa shape index (κ1) is 16.6. The highest BCUT2D eigenvalue weighted by Crippen LogP contribution is 2.36. The molecule has 1 aliphatic heterocycles. The first-order valence-electron chi connectivity index (χ1n) is 7.47. The van der Waals surface area contributed by atoms with Crippen LogP contribution in [0.1, 0.15) is 26.3 Å². The summed E-state index contributed by atoms with van der Waals surface area (Å²) in [6.07, 6.45) is -0.442. The maximum Gasteiger partial charge on any atom is 0.414 e. The number of nitrogens with zero attached hydrogens (tertiary/aromatic N) is 1. The van der Waals surface area contributed by atoms with E-state index in [1.165, 1.54) is 0 Å². The Hall–Kier alpha value is -1.79. The second-order valence-electron chi connectivity index (χ2n) is 6.41. The Labute approximate surface area is 130 Å². The van der Waals surface area contributed by atoms with Gasteiger partial charge in [-0.2, -0.15) is 0 Å². The summed E-state index contributed by atoms with van der Waals surface area (Å²) >= 11 is 0. The number of para-hydroxylation sites is 1. The molecule has 1 aliphatic rings. The molecule has 0 aromatic heterocycles. The molecule has 0 aliphatic carbocycles. The summed E-state index contributed by atoms with van der Waals surface area (Å²) in [5.41, 5.74) is 2.07. The summed E-state index contributed by atoms with van der Waals surface area (Å²) in [5.74, 6) is 0. The van der Waals surface area contributed by atoms with Crippen LogP contribution in [0.4, 0.5) is 16.2 Å². The Morgan fingerprint density at radius 1 is 1.45 bits per heavy atom. The summed E-state index contributed by atoms with van der Waals surface area (Å²) in [4.78, 5) is 14.0. The van der Waals surface area contributed by atoms with Crippen LogP contribution in [0.15, 0.2) is 18.2 Å². The molecule has 0 radical (unpaired) electrons. The molecule has 1 aromatic carbocycles. The van der Waals surface area contributed by atoms with Crippen LogP contribution >= 0.6 is 0 Å². The highest BCUT2D eigenvalue weighted by Gasteiger charge is 2.30. The van der Waals surface area contributed by atoms with Gasteiger partial charge in [-0.25, -0.2) is 4.79 Å². The number of benzene rings is 1. The fraction of sp³-hybridized carbons (Fsp3) is 0.562. The average molecular weight is 308 g/mol. The molecular formula is C16H24N2O4. The number of aliphatic hydroxyl groups excluding tert-OH is 2. The number of anilines is 2. The van der Waals surface area contributed by atoms with Crippen molar-refractivity contribution in [2.45, 2.75) is 38.9 Å². The van der Waals surface area contributed by atoms with E-state index in [0.29, 0.717) is 6.54 Å². The zero-order chi connectivity index (χ0) is 16.3. The number of ether oxygens (including phenoxy) is 1. The smallest absolute Gasteiger partial charge is 0.414 e. The van der Waals surface area contributed by atoms with Gasteiger partial charge in [0, 0.05) is 13.1 Å². The van der Waals surface area contributed by atoms with Gasteiger partial charge < -0.3 is 20.3 Å². The first-order valence-corrected chi connectivity index (χ1v) is 7.47. The number of aliphatic hydroxyl groups is 2. The minimum Gasteiger partial charge on any atom is -0.443 e. The molecule has 1 heterocycles. The molecule has 1 aromatic rings. The second kappa shape index (κ2) is 6.54. The SMILES string of the molecule is CC(C)(C)OC(=O)N1CCc2cccc(NCC(O)CO)c21. The maximum absolute atomic E-state index is 12.4. The van der Waals surface area contributed by atoms with E-state index in [2.05, 4.69) is 5.32 Å². The topological polar surface area (TPSA) is 82.0 Å². The lowest BCUT2D eigenvalue weighted by Crippen LogP contribution is -2.36. The van der Waals surface area contributed by atoms with E-state index < -0.39 is 11.7 Å². The summed E-state index contributed by atoms with van der Waals surface area (Å²) in [6.45, 7) is 6.00. The van der Waals surface area contributed by atoms with Gasteiger partial charge in [0.25, 0.3) is 0 Å². The Bertz CT molecular complexity index is 539. The van der Waals surface area contributed by atoms with Gasteiger partial charge in [0.1, 0.15) is 5.60 Å². The van der Waals surface area contributed by atoms with Crippen LogP contribution in [0.3, 0.4) is 0 Å². The molecule has 0 saturated heterocycles. The summed E-state index contributed by atoms with van der Waals surface area (Å²) in [5, 5.41) is 21.5. The van der Waals surface area contributed by atoms with Crippen LogP contribution in [0, 0.1) is 0 Å². The Kier molecular flexibility index (Phi) is 4.93. The molecule has 0 spiro atoms. The lowest BCUT2D eigenvalue weighted by molar-refractivity contribution is 0.0584. The monoisotopic (exact) mass is 308 g/mol. The van der Waals surface area contributed by atoms with E-state index in [0.717, 1.165) is 23.4 Å². The highest BCUT2D eigenvalue weighted by molar-refractivity contribution is 5.95. The standard InChI is InChI=1S/C16H24N2O4/c1-16(2,3)22-15(21)18-8-7-11-5-4-6-13(14(11)18)17-9-12(20)10-19/h4-6,12,17,19-20H,7-10H2,1-3H3. The van der Waals surface area contributed by atoms with Gasteiger partial charge in [-0.15, -0.1) is 0 Å². The third-order valence-electron chi connectivity index (χ3n) is 3.35. The molecule has 1 unspecified atom stereocenters. The van der Waals surface area contributed by atoms with Crippen LogP contribution in [-0.2, 0) is 11.2 Å². The first-order chi connectivity index (χ1) is 10.3. The summed E-state index contributed by atoms with van der Waals surface area (Å²) < 4.78 is 5.45.